The second kappa shape index (κ2) is 7.38. The molecule has 0 spiro atoms. The molecule has 160 valence electrons. The van der Waals surface area contributed by atoms with Crippen LogP contribution in [0.25, 0.3) is 0 Å². The van der Waals surface area contributed by atoms with Crippen molar-refractivity contribution in [2.24, 2.45) is 46.3 Å². The maximum Gasteiger partial charge on any atom is 0.129 e. The lowest BCUT2D eigenvalue weighted by Crippen LogP contribution is -2.58. The Morgan fingerprint density at radius 3 is 2.36 bits per heavy atom. The van der Waals surface area contributed by atoms with Crippen molar-refractivity contribution in [1.29, 1.82) is 0 Å². The third-order valence-corrected chi connectivity index (χ3v) is 10.4. The molecule has 3 heteroatoms. The minimum Gasteiger partial charge on any atom is -0.393 e. The average Bonchev–Trinajstić information content (AvgIpc) is 2.99. The Balaban J connectivity index is 1.55. The summed E-state index contributed by atoms with van der Waals surface area (Å²) in [5, 5.41) is 21.3. The van der Waals surface area contributed by atoms with Gasteiger partial charge in [-0.2, -0.15) is 0 Å². The first-order valence-corrected chi connectivity index (χ1v) is 12.0. The Bertz CT molecular complexity index is 603. The number of carbonyl (C=O) groups is 1. The first-order chi connectivity index (χ1) is 13.2. The molecular weight excluding hydrogens is 348 g/mol. The van der Waals surface area contributed by atoms with Crippen molar-refractivity contribution in [3.63, 3.8) is 0 Å². The molecule has 4 saturated carbocycles. The number of carbonyl (C=O) groups excluding carboxylic acids is 1. The van der Waals surface area contributed by atoms with E-state index >= 15 is 0 Å². The van der Waals surface area contributed by atoms with Crippen molar-refractivity contribution >= 4 is 5.78 Å². The van der Waals surface area contributed by atoms with Gasteiger partial charge < -0.3 is 15.0 Å². The SMILES string of the molecule is CC(=O)CCC(C)C1CCC2C3C[C@H](O)[C@@H]4C[C@H](O)CCC4(C)C3CCC12C. The smallest absolute Gasteiger partial charge is 0.129 e. The normalized spacial score (nSPS) is 51.7. The molecule has 4 aliphatic rings. The van der Waals surface area contributed by atoms with Crippen LogP contribution in [0.1, 0.15) is 91.9 Å². The summed E-state index contributed by atoms with van der Waals surface area (Å²) in [5.74, 6) is 4.06. The van der Waals surface area contributed by atoms with Crippen molar-refractivity contribution in [2.45, 2.75) is 104 Å². The average molecular weight is 391 g/mol. The molecule has 2 N–H and O–H groups in total. The molecule has 7 unspecified atom stereocenters. The molecule has 4 aliphatic carbocycles. The highest BCUT2D eigenvalue weighted by Crippen LogP contribution is 2.68. The van der Waals surface area contributed by atoms with Gasteiger partial charge in [-0.3, -0.25) is 0 Å². The zero-order chi connectivity index (χ0) is 20.3. The standard InChI is InChI=1S/C25H42O3/c1-15(5-6-16(2)26)19-7-8-20-18-14-23(28)22-13-17(27)9-11-25(22,4)21(18)10-12-24(19,20)3/h15,17-23,27-28H,5-14H2,1-4H3/t15?,17-,18?,19?,20?,21?,22+,23+,24?,25?/m1/s1. The van der Waals surface area contributed by atoms with Gasteiger partial charge in [0.05, 0.1) is 12.2 Å². The van der Waals surface area contributed by atoms with E-state index in [0.29, 0.717) is 23.0 Å². The quantitative estimate of drug-likeness (QED) is 0.711. The van der Waals surface area contributed by atoms with Crippen LogP contribution in [-0.4, -0.2) is 28.2 Å². The highest BCUT2D eigenvalue weighted by molar-refractivity contribution is 5.75. The summed E-state index contributed by atoms with van der Waals surface area (Å²) in [5.41, 5.74) is 0.593. The number of hydrogen-bond acceptors (Lipinski definition) is 3. The number of rotatable bonds is 4. The minimum atomic E-state index is -0.238. The van der Waals surface area contributed by atoms with Crippen LogP contribution in [0.2, 0.25) is 0 Å². The largest absolute Gasteiger partial charge is 0.393 e. The summed E-state index contributed by atoms with van der Waals surface area (Å²) in [6, 6.07) is 0. The van der Waals surface area contributed by atoms with Crippen LogP contribution in [0.15, 0.2) is 0 Å². The van der Waals surface area contributed by atoms with Gasteiger partial charge >= 0.3 is 0 Å². The highest BCUT2D eigenvalue weighted by Gasteiger charge is 2.62. The van der Waals surface area contributed by atoms with E-state index in [1.165, 1.54) is 25.7 Å². The van der Waals surface area contributed by atoms with Crippen molar-refractivity contribution < 1.29 is 15.0 Å². The molecule has 0 heterocycles. The topological polar surface area (TPSA) is 57.5 Å². The molecule has 4 fully saturated rings. The second-order valence-corrected chi connectivity index (χ2v) is 11.7. The molecule has 0 aromatic heterocycles. The maximum absolute atomic E-state index is 11.5. The predicted molar refractivity (Wildman–Crippen MR) is 112 cm³/mol. The third kappa shape index (κ3) is 3.20. The summed E-state index contributed by atoms with van der Waals surface area (Å²) in [6.45, 7) is 9.08. The van der Waals surface area contributed by atoms with E-state index in [1.807, 2.05) is 0 Å². The van der Waals surface area contributed by atoms with Gasteiger partial charge in [-0.15, -0.1) is 0 Å². The number of ketones is 1. The van der Waals surface area contributed by atoms with Crippen LogP contribution in [0.5, 0.6) is 0 Å². The van der Waals surface area contributed by atoms with E-state index in [-0.39, 0.29) is 23.5 Å². The van der Waals surface area contributed by atoms with Gasteiger partial charge in [0.25, 0.3) is 0 Å². The highest BCUT2D eigenvalue weighted by atomic mass is 16.3. The van der Waals surface area contributed by atoms with Crippen molar-refractivity contribution in [3.05, 3.63) is 0 Å². The van der Waals surface area contributed by atoms with E-state index < -0.39 is 0 Å². The van der Waals surface area contributed by atoms with Crippen LogP contribution < -0.4 is 0 Å². The van der Waals surface area contributed by atoms with Crippen LogP contribution in [0.4, 0.5) is 0 Å². The van der Waals surface area contributed by atoms with Gasteiger partial charge in [-0.25, -0.2) is 0 Å². The van der Waals surface area contributed by atoms with Gasteiger partial charge in [0.15, 0.2) is 0 Å². The summed E-state index contributed by atoms with van der Waals surface area (Å²) in [7, 11) is 0. The van der Waals surface area contributed by atoms with Crippen molar-refractivity contribution in [2.75, 3.05) is 0 Å². The summed E-state index contributed by atoms with van der Waals surface area (Å²) in [4.78, 5) is 11.5. The monoisotopic (exact) mass is 390 g/mol. The first kappa shape index (κ1) is 20.8. The number of aliphatic hydroxyl groups excluding tert-OH is 2. The molecule has 0 amide bonds. The zero-order valence-corrected chi connectivity index (χ0v) is 18.5. The van der Waals surface area contributed by atoms with Gasteiger partial charge in [0, 0.05) is 6.42 Å². The van der Waals surface area contributed by atoms with Crippen molar-refractivity contribution in [1.82, 2.24) is 0 Å². The molecule has 0 aromatic carbocycles. The summed E-state index contributed by atoms with van der Waals surface area (Å²) < 4.78 is 0. The molecule has 0 aliphatic heterocycles. The molecule has 4 rings (SSSR count). The maximum atomic E-state index is 11.5. The van der Waals surface area contributed by atoms with E-state index in [2.05, 4.69) is 20.8 Å². The Morgan fingerprint density at radius 2 is 1.64 bits per heavy atom. The fourth-order valence-corrected chi connectivity index (χ4v) is 8.89. The summed E-state index contributed by atoms with van der Waals surface area (Å²) >= 11 is 0. The third-order valence-electron chi connectivity index (χ3n) is 10.4. The number of fused-ring (bicyclic) bond motifs is 5. The molecule has 0 radical (unpaired) electrons. The molecule has 0 bridgehead atoms. The molecule has 0 aromatic rings. The Morgan fingerprint density at radius 1 is 0.964 bits per heavy atom. The second-order valence-electron chi connectivity index (χ2n) is 11.7. The van der Waals surface area contributed by atoms with Gasteiger partial charge in [0.1, 0.15) is 5.78 Å². The van der Waals surface area contributed by atoms with E-state index in [1.54, 1.807) is 6.92 Å². The Kier molecular flexibility index (Phi) is 5.49. The van der Waals surface area contributed by atoms with Crippen molar-refractivity contribution in [3.8, 4) is 0 Å². The molecule has 0 saturated heterocycles. The first-order valence-electron chi connectivity index (χ1n) is 12.0. The minimum absolute atomic E-state index is 0.210. The molecule has 3 nitrogen and oxygen atoms in total. The predicted octanol–water partition coefficient (Wildman–Crippen LogP) is 4.98. The lowest BCUT2D eigenvalue weighted by molar-refractivity contribution is -0.172. The van der Waals surface area contributed by atoms with E-state index in [4.69, 9.17) is 0 Å². The van der Waals surface area contributed by atoms with E-state index in [9.17, 15) is 15.0 Å². The van der Waals surface area contributed by atoms with Crippen LogP contribution in [-0.2, 0) is 4.79 Å². The lowest BCUT2D eigenvalue weighted by Gasteiger charge is -2.62. The molecule has 10 atom stereocenters. The van der Waals surface area contributed by atoms with E-state index in [0.717, 1.165) is 56.3 Å². The lowest BCUT2D eigenvalue weighted by atomic mass is 9.44. The van der Waals surface area contributed by atoms with Gasteiger partial charge in [0.2, 0.25) is 0 Å². The fraction of sp³-hybridized carbons (Fsp3) is 0.960. The van der Waals surface area contributed by atoms with Crippen LogP contribution in [0, 0.1) is 46.3 Å². The van der Waals surface area contributed by atoms with Crippen LogP contribution in [0.3, 0.4) is 0 Å². The van der Waals surface area contributed by atoms with Gasteiger partial charge in [-0.1, -0.05) is 20.8 Å². The summed E-state index contributed by atoms with van der Waals surface area (Å²) in [6.07, 6.45) is 10.3. The Hall–Kier alpha value is -0.410. The van der Waals surface area contributed by atoms with Crippen LogP contribution >= 0.6 is 0 Å². The number of aliphatic hydroxyl groups is 2. The molecular formula is C25H42O3. The number of hydrogen-bond donors (Lipinski definition) is 2. The Labute approximate surface area is 171 Å². The fourth-order valence-electron chi connectivity index (χ4n) is 8.89. The zero-order valence-electron chi connectivity index (χ0n) is 18.5. The van der Waals surface area contributed by atoms with Gasteiger partial charge in [-0.05, 0) is 111 Å². The number of Topliss-reactive ketones (excluding diaryl/α,β-unsaturated/α-hetero) is 1. The molecule has 28 heavy (non-hydrogen) atoms.